The van der Waals surface area contributed by atoms with Gasteiger partial charge >= 0.3 is 0 Å². The van der Waals surface area contributed by atoms with Crippen molar-refractivity contribution in [3.05, 3.63) is 73.8 Å². The molecule has 2 aromatic carbocycles. The van der Waals surface area contributed by atoms with E-state index in [1.54, 1.807) is 19.1 Å². The Morgan fingerprint density at radius 2 is 1.76 bits per heavy atom. The van der Waals surface area contributed by atoms with Crippen molar-refractivity contribution in [3.63, 3.8) is 0 Å². The SMILES string of the molecule is CC(=O)c1c(C)cc(C)c(CN(C)Cc2ccccc2[N+](=O)[O-])c1C. The van der Waals surface area contributed by atoms with Gasteiger partial charge in [-0.25, -0.2) is 0 Å². The van der Waals surface area contributed by atoms with Gasteiger partial charge in [0.05, 0.1) is 4.92 Å². The summed E-state index contributed by atoms with van der Waals surface area (Å²) in [5.41, 5.74) is 5.83. The Labute approximate surface area is 148 Å². The average molecular weight is 340 g/mol. The summed E-state index contributed by atoms with van der Waals surface area (Å²) in [5, 5.41) is 11.2. The third-order valence-corrected chi connectivity index (χ3v) is 4.54. The van der Waals surface area contributed by atoms with E-state index in [1.165, 1.54) is 6.07 Å². The van der Waals surface area contributed by atoms with Crippen LogP contribution in [0.25, 0.3) is 0 Å². The molecule has 0 saturated heterocycles. The molecule has 0 aliphatic carbocycles. The minimum Gasteiger partial charge on any atom is -0.298 e. The molecule has 0 aliphatic rings. The number of nitro groups is 1. The van der Waals surface area contributed by atoms with Gasteiger partial charge in [-0.3, -0.25) is 19.8 Å². The van der Waals surface area contributed by atoms with Gasteiger partial charge in [0.15, 0.2) is 5.78 Å². The standard InChI is InChI=1S/C20H24N2O3/c1-13-10-14(2)20(16(4)23)15(3)18(13)12-21(5)11-17-8-6-7-9-19(17)22(24)25/h6-10H,11-12H2,1-5H3. The maximum Gasteiger partial charge on any atom is 0.273 e. The maximum absolute atomic E-state index is 12.0. The molecule has 5 nitrogen and oxygen atoms in total. The van der Waals surface area contributed by atoms with Gasteiger partial charge in [-0.2, -0.15) is 0 Å². The van der Waals surface area contributed by atoms with Gasteiger partial charge in [0.25, 0.3) is 5.69 Å². The third kappa shape index (κ3) is 4.12. The highest BCUT2D eigenvalue weighted by molar-refractivity contribution is 5.97. The topological polar surface area (TPSA) is 63.5 Å². The van der Waals surface area contributed by atoms with Crippen molar-refractivity contribution in [1.29, 1.82) is 0 Å². The monoisotopic (exact) mass is 340 g/mol. The van der Waals surface area contributed by atoms with Crippen LogP contribution in [0.4, 0.5) is 5.69 Å². The zero-order chi connectivity index (χ0) is 18.7. The van der Waals surface area contributed by atoms with Gasteiger partial charge in [-0.15, -0.1) is 0 Å². The fourth-order valence-corrected chi connectivity index (χ4v) is 3.45. The Balaban J connectivity index is 2.30. The molecule has 25 heavy (non-hydrogen) atoms. The van der Waals surface area contributed by atoms with E-state index in [0.29, 0.717) is 18.7 Å². The second kappa shape index (κ2) is 7.57. The first-order valence-electron chi connectivity index (χ1n) is 8.23. The normalized spacial score (nSPS) is 11.0. The predicted molar refractivity (Wildman–Crippen MR) is 98.9 cm³/mol. The molecule has 5 heteroatoms. The highest BCUT2D eigenvalue weighted by Gasteiger charge is 2.18. The van der Waals surface area contributed by atoms with Crippen LogP contribution in [0.1, 0.15) is 45.1 Å². The van der Waals surface area contributed by atoms with E-state index in [1.807, 2.05) is 44.9 Å². The lowest BCUT2D eigenvalue weighted by molar-refractivity contribution is -0.385. The van der Waals surface area contributed by atoms with E-state index in [-0.39, 0.29) is 16.4 Å². The number of aryl methyl sites for hydroxylation is 2. The minimum absolute atomic E-state index is 0.0672. The number of nitrogens with zero attached hydrogens (tertiary/aromatic N) is 2. The number of carbonyl (C=O) groups is 1. The molecule has 0 N–H and O–H groups in total. The molecule has 0 fully saturated rings. The largest absolute Gasteiger partial charge is 0.298 e. The predicted octanol–water partition coefficient (Wildman–Crippen LogP) is 4.35. The molecule has 2 rings (SSSR count). The van der Waals surface area contributed by atoms with E-state index in [4.69, 9.17) is 0 Å². The summed E-state index contributed by atoms with van der Waals surface area (Å²) in [4.78, 5) is 24.8. The lowest BCUT2D eigenvalue weighted by Crippen LogP contribution is -2.20. The van der Waals surface area contributed by atoms with E-state index in [2.05, 4.69) is 0 Å². The number of carbonyl (C=O) groups excluding carboxylic acids is 1. The summed E-state index contributed by atoms with van der Waals surface area (Å²) in [5.74, 6) is 0.0672. The molecule has 0 bridgehead atoms. The summed E-state index contributed by atoms with van der Waals surface area (Å²) in [6.45, 7) is 8.66. The van der Waals surface area contributed by atoms with E-state index in [0.717, 1.165) is 27.8 Å². The lowest BCUT2D eigenvalue weighted by Gasteiger charge is -2.22. The number of Topliss-reactive ketones (excluding diaryl/α,β-unsaturated/α-hetero) is 1. The molecule has 0 aromatic heterocycles. The van der Waals surface area contributed by atoms with E-state index >= 15 is 0 Å². The van der Waals surface area contributed by atoms with Crippen LogP contribution in [0.5, 0.6) is 0 Å². The summed E-state index contributed by atoms with van der Waals surface area (Å²) >= 11 is 0. The molecule has 0 unspecified atom stereocenters. The minimum atomic E-state index is -0.348. The number of para-hydroxylation sites is 1. The van der Waals surface area contributed by atoms with Crippen LogP contribution in [-0.4, -0.2) is 22.7 Å². The molecular weight excluding hydrogens is 316 g/mol. The molecule has 0 spiro atoms. The molecule has 0 atom stereocenters. The Morgan fingerprint density at radius 1 is 1.12 bits per heavy atom. The van der Waals surface area contributed by atoms with Crippen LogP contribution >= 0.6 is 0 Å². The van der Waals surface area contributed by atoms with Gasteiger partial charge in [0.2, 0.25) is 0 Å². The highest BCUT2D eigenvalue weighted by atomic mass is 16.6. The Hall–Kier alpha value is -2.53. The second-order valence-electron chi connectivity index (χ2n) is 6.60. The fraction of sp³-hybridized carbons (Fsp3) is 0.350. The van der Waals surface area contributed by atoms with Crippen LogP contribution in [0.15, 0.2) is 30.3 Å². The van der Waals surface area contributed by atoms with Gasteiger partial charge in [0, 0.05) is 30.3 Å². The van der Waals surface area contributed by atoms with Crippen LogP contribution < -0.4 is 0 Å². The molecule has 0 heterocycles. The van der Waals surface area contributed by atoms with Crippen molar-refractivity contribution in [2.24, 2.45) is 0 Å². The zero-order valence-corrected chi connectivity index (χ0v) is 15.4. The molecule has 0 amide bonds. The van der Waals surface area contributed by atoms with Crippen molar-refractivity contribution in [3.8, 4) is 0 Å². The first kappa shape index (κ1) is 18.8. The molecule has 2 aromatic rings. The maximum atomic E-state index is 12.0. The molecule has 0 saturated carbocycles. The quantitative estimate of drug-likeness (QED) is 0.445. The molecule has 0 aliphatic heterocycles. The van der Waals surface area contributed by atoms with Gasteiger partial charge in [-0.1, -0.05) is 24.3 Å². The molecule has 132 valence electrons. The van der Waals surface area contributed by atoms with Crippen LogP contribution in [0, 0.1) is 30.9 Å². The summed E-state index contributed by atoms with van der Waals surface area (Å²) in [7, 11) is 1.93. The Kier molecular flexibility index (Phi) is 5.69. The first-order valence-corrected chi connectivity index (χ1v) is 8.23. The fourth-order valence-electron chi connectivity index (χ4n) is 3.45. The van der Waals surface area contributed by atoms with Crippen molar-refractivity contribution < 1.29 is 9.72 Å². The molecule has 0 radical (unpaired) electrons. The van der Waals surface area contributed by atoms with Crippen molar-refractivity contribution in [2.45, 2.75) is 40.8 Å². The number of nitro benzene ring substituents is 1. The number of hydrogen-bond acceptors (Lipinski definition) is 4. The Bertz CT molecular complexity index is 828. The zero-order valence-electron chi connectivity index (χ0n) is 15.4. The summed E-state index contributed by atoms with van der Waals surface area (Å²) < 4.78 is 0. The lowest BCUT2D eigenvalue weighted by atomic mass is 9.91. The number of ketones is 1. The third-order valence-electron chi connectivity index (χ3n) is 4.54. The van der Waals surface area contributed by atoms with Crippen molar-refractivity contribution >= 4 is 11.5 Å². The summed E-state index contributed by atoms with van der Waals surface area (Å²) in [6.07, 6.45) is 0. The number of benzene rings is 2. The number of hydrogen-bond donors (Lipinski definition) is 0. The van der Waals surface area contributed by atoms with Crippen LogP contribution in [-0.2, 0) is 13.1 Å². The van der Waals surface area contributed by atoms with E-state index in [9.17, 15) is 14.9 Å². The van der Waals surface area contributed by atoms with Crippen LogP contribution in [0.3, 0.4) is 0 Å². The molecular formula is C20H24N2O3. The first-order chi connectivity index (χ1) is 11.7. The van der Waals surface area contributed by atoms with Crippen molar-refractivity contribution in [2.75, 3.05) is 7.05 Å². The van der Waals surface area contributed by atoms with Gasteiger partial charge in [0.1, 0.15) is 0 Å². The summed E-state index contributed by atoms with van der Waals surface area (Å²) in [6, 6.07) is 8.84. The smallest absolute Gasteiger partial charge is 0.273 e. The van der Waals surface area contributed by atoms with Gasteiger partial charge < -0.3 is 0 Å². The highest BCUT2D eigenvalue weighted by Crippen LogP contribution is 2.25. The average Bonchev–Trinajstić information content (AvgIpc) is 2.51. The van der Waals surface area contributed by atoms with Crippen LogP contribution in [0.2, 0.25) is 0 Å². The van der Waals surface area contributed by atoms with Gasteiger partial charge in [-0.05, 0) is 57.0 Å². The second-order valence-corrected chi connectivity index (χ2v) is 6.60. The van der Waals surface area contributed by atoms with E-state index < -0.39 is 0 Å². The number of rotatable bonds is 6. The van der Waals surface area contributed by atoms with Crippen molar-refractivity contribution in [1.82, 2.24) is 4.90 Å². The Morgan fingerprint density at radius 3 is 2.36 bits per heavy atom.